The van der Waals surface area contributed by atoms with E-state index in [0.29, 0.717) is 17.3 Å². The van der Waals surface area contributed by atoms with Gasteiger partial charge in [-0.2, -0.15) is 0 Å². The minimum Gasteiger partial charge on any atom is -0.495 e. The number of methoxy groups -OCH3 is 1. The summed E-state index contributed by atoms with van der Waals surface area (Å²) in [5, 5.41) is 12.9. The van der Waals surface area contributed by atoms with Crippen LogP contribution in [0.15, 0.2) is 42.5 Å². The lowest BCUT2D eigenvalue weighted by molar-refractivity contribution is -0.138. The van der Waals surface area contributed by atoms with Crippen LogP contribution in [0.5, 0.6) is 5.75 Å². The Hall–Kier alpha value is -2.20. The summed E-state index contributed by atoms with van der Waals surface area (Å²) in [4.78, 5) is 10.9. The molecule has 120 valence electrons. The molecule has 1 aliphatic rings. The first-order valence-corrected chi connectivity index (χ1v) is 7.85. The summed E-state index contributed by atoms with van der Waals surface area (Å²) in [5.74, 6) is -0.0823. The number of ether oxygens (including phenoxy) is 1. The molecular weight excluding hydrogens is 314 g/mol. The van der Waals surface area contributed by atoms with Gasteiger partial charge in [-0.3, -0.25) is 4.79 Å². The van der Waals surface area contributed by atoms with E-state index in [1.165, 1.54) is 0 Å². The van der Waals surface area contributed by atoms with E-state index in [1.807, 2.05) is 42.5 Å². The Balaban J connectivity index is 1.60. The van der Waals surface area contributed by atoms with Crippen LogP contribution in [0.4, 0.5) is 5.69 Å². The number of aliphatic carboxylic acids is 1. The molecule has 0 amide bonds. The Morgan fingerprint density at radius 2 is 2.04 bits per heavy atom. The molecule has 5 heteroatoms. The van der Waals surface area contributed by atoms with Gasteiger partial charge in [0, 0.05) is 12.2 Å². The summed E-state index contributed by atoms with van der Waals surface area (Å²) in [6.07, 6.45) is 0.743. The van der Waals surface area contributed by atoms with Crippen molar-refractivity contribution in [3.8, 4) is 5.75 Å². The minimum absolute atomic E-state index is 0.169. The van der Waals surface area contributed by atoms with E-state index < -0.39 is 5.97 Å². The van der Waals surface area contributed by atoms with E-state index in [1.54, 1.807) is 7.11 Å². The monoisotopic (exact) mass is 331 g/mol. The largest absolute Gasteiger partial charge is 0.495 e. The highest BCUT2D eigenvalue weighted by Gasteiger charge is 2.43. The topological polar surface area (TPSA) is 58.6 Å². The first kappa shape index (κ1) is 15.7. The highest BCUT2D eigenvalue weighted by Crippen LogP contribution is 2.47. The van der Waals surface area contributed by atoms with Gasteiger partial charge < -0.3 is 15.2 Å². The summed E-state index contributed by atoms with van der Waals surface area (Å²) >= 11 is 6.01. The zero-order chi connectivity index (χ0) is 16.4. The highest BCUT2D eigenvalue weighted by molar-refractivity contribution is 6.32. The smallest absolute Gasteiger partial charge is 0.307 e. The summed E-state index contributed by atoms with van der Waals surface area (Å²) in [6.45, 7) is 0.661. The fourth-order valence-corrected chi connectivity index (χ4v) is 2.90. The van der Waals surface area contributed by atoms with Crippen molar-refractivity contribution < 1.29 is 14.6 Å². The van der Waals surface area contributed by atoms with Gasteiger partial charge in [-0.1, -0.05) is 29.8 Å². The SMILES string of the molecule is COc1cc(CNc2ccc([C@@H]3C[C@H]3C(=O)O)cc2)ccc1Cl. The van der Waals surface area contributed by atoms with E-state index in [-0.39, 0.29) is 11.8 Å². The summed E-state index contributed by atoms with van der Waals surface area (Å²) in [6, 6.07) is 13.6. The molecule has 2 N–H and O–H groups in total. The molecule has 0 unspecified atom stereocenters. The molecule has 4 nitrogen and oxygen atoms in total. The molecule has 23 heavy (non-hydrogen) atoms. The zero-order valence-corrected chi connectivity index (χ0v) is 13.5. The minimum atomic E-state index is -0.700. The third-order valence-electron chi connectivity index (χ3n) is 4.16. The van der Waals surface area contributed by atoms with Crippen molar-refractivity contribution in [2.45, 2.75) is 18.9 Å². The number of hydrogen-bond donors (Lipinski definition) is 2. The number of anilines is 1. The van der Waals surface area contributed by atoms with Crippen LogP contribution >= 0.6 is 11.6 Å². The van der Waals surface area contributed by atoms with E-state index in [9.17, 15) is 4.79 Å². The number of carbonyl (C=O) groups is 1. The number of carboxylic acid groups (broad SMARTS) is 1. The lowest BCUT2D eigenvalue weighted by atomic mass is 10.1. The van der Waals surface area contributed by atoms with Crippen LogP contribution in [0.2, 0.25) is 5.02 Å². The lowest BCUT2D eigenvalue weighted by Gasteiger charge is -2.10. The van der Waals surface area contributed by atoms with Crippen molar-refractivity contribution in [1.82, 2.24) is 0 Å². The van der Waals surface area contributed by atoms with Crippen LogP contribution in [-0.2, 0) is 11.3 Å². The second-order valence-corrected chi connectivity index (χ2v) is 6.14. The Morgan fingerprint density at radius 1 is 1.30 bits per heavy atom. The Labute approximate surface area is 140 Å². The van der Waals surface area contributed by atoms with Crippen molar-refractivity contribution in [3.05, 3.63) is 58.6 Å². The normalized spacial score (nSPS) is 19.2. The zero-order valence-electron chi connectivity index (χ0n) is 12.8. The highest BCUT2D eigenvalue weighted by atomic mass is 35.5. The van der Waals surface area contributed by atoms with Gasteiger partial charge >= 0.3 is 5.97 Å². The van der Waals surface area contributed by atoms with Gasteiger partial charge in [0.1, 0.15) is 5.75 Å². The van der Waals surface area contributed by atoms with Crippen molar-refractivity contribution in [2.24, 2.45) is 5.92 Å². The van der Waals surface area contributed by atoms with Crippen LogP contribution in [0.25, 0.3) is 0 Å². The molecule has 2 aromatic rings. The van der Waals surface area contributed by atoms with Crippen molar-refractivity contribution >= 4 is 23.3 Å². The number of halogens is 1. The molecule has 0 aromatic heterocycles. The van der Waals surface area contributed by atoms with Gasteiger partial charge in [0.2, 0.25) is 0 Å². The van der Waals surface area contributed by atoms with E-state index >= 15 is 0 Å². The molecule has 0 heterocycles. The predicted octanol–water partition coefficient (Wildman–Crippen LogP) is 4.15. The Morgan fingerprint density at radius 3 is 2.65 bits per heavy atom. The second-order valence-electron chi connectivity index (χ2n) is 5.73. The van der Waals surface area contributed by atoms with Crippen LogP contribution in [0.1, 0.15) is 23.5 Å². The standard InChI is InChI=1S/C18H18ClNO3/c1-23-17-8-11(2-7-16(17)19)10-20-13-5-3-12(4-6-13)14-9-15(14)18(21)22/h2-8,14-15,20H,9-10H2,1H3,(H,21,22)/t14-,15+/m0/s1. The quantitative estimate of drug-likeness (QED) is 0.835. The first-order valence-electron chi connectivity index (χ1n) is 7.47. The molecule has 1 aliphatic carbocycles. The van der Waals surface area contributed by atoms with Gasteiger partial charge in [0.05, 0.1) is 18.1 Å². The van der Waals surface area contributed by atoms with Gasteiger partial charge in [-0.05, 0) is 47.7 Å². The first-order chi connectivity index (χ1) is 11.1. The average molecular weight is 332 g/mol. The maximum Gasteiger partial charge on any atom is 0.307 e. The second kappa shape index (κ2) is 6.50. The molecule has 0 aliphatic heterocycles. The van der Waals surface area contributed by atoms with Crippen LogP contribution < -0.4 is 10.1 Å². The molecule has 1 saturated carbocycles. The molecule has 0 spiro atoms. The lowest BCUT2D eigenvalue weighted by Crippen LogP contribution is -2.01. The molecular formula is C18H18ClNO3. The van der Waals surface area contributed by atoms with Crippen molar-refractivity contribution in [2.75, 3.05) is 12.4 Å². The third kappa shape index (κ3) is 3.59. The number of hydrogen-bond acceptors (Lipinski definition) is 3. The van der Waals surface area contributed by atoms with Gasteiger partial charge in [0.25, 0.3) is 0 Å². The molecule has 0 bridgehead atoms. The van der Waals surface area contributed by atoms with Crippen LogP contribution in [0.3, 0.4) is 0 Å². The molecule has 0 saturated heterocycles. The van der Waals surface area contributed by atoms with Crippen LogP contribution in [-0.4, -0.2) is 18.2 Å². The maximum absolute atomic E-state index is 10.9. The molecule has 0 radical (unpaired) electrons. The average Bonchev–Trinajstić information content (AvgIpc) is 3.35. The van der Waals surface area contributed by atoms with Gasteiger partial charge in [-0.25, -0.2) is 0 Å². The summed E-state index contributed by atoms with van der Waals surface area (Å²) < 4.78 is 5.21. The summed E-state index contributed by atoms with van der Waals surface area (Å²) in [7, 11) is 1.60. The maximum atomic E-state index is 10.9. The Bertz CT molecular complexity index is 715. The molecule has 2 aromatic carbocycles. The summed E-state index contributed by atoms with van der Waals surface area (Å²) in [5.41, 5.74) is 3.16. The van der Waals surface area contributed by atoms with Crippen LogP contribution in [0, 0.1) is 5.92 Å². The molecule has 2 atom stereocenters. The van der Waals surface area contributed by atoms with Gasteiger partial charge in [-0.15, -0.1) is 0 Å². The van der Waals surface area contributed by atoms with Gasteiger partial charge in [0.15, 0.2) is 0 Å². The predicted molar refractivity (Wildman–Crippen MR) is 90.3 cm³/mol. The molecule has 3 rings (SSSR count). The van der Waals surface area contributed by atoms with Crippen molar-refractivity contribution in [1.29, 1.82) is 0 Å². The number of carboxylic acids is 1. The van der Waals surface area contributed by atoms with E-state index in [2.05, 4.69) is 5.32 Å². The number of rotatable bonds is 6. The van der Waals surface area contributed by atoms with E-state index in [4.69, 9.17) is 21.4 Å². The molecule has 1 fully saturated rings. The van der Waals surface area contributed by atoms with Crippen molar-refractivity contribution in [3.63, 3.8) is 0 Å². The Kier molecular flexibility index (Phi) is 4.44. The fraction of sp³-hybridized carbons (Fsp3) is 0.278. The number of benzene rings is 2. The fourth-order valence-electron chi connectivity index (χ4n) is 2.70. The third-order valence-corrected chi connectivity index (χ3v) is 4.47. The number of nitrogens with one attached hydrogen (secondary N) is 1. The van der Waals surface area contributed by atoms with E-state index in [0.717, 1.165) is 23.2 Å².